The van der Waals surface area contributed by atoms with Crippen LogP contribution in [0.1, 0.15) is 47.2 Å². The first-order valence-electron chi connectivity index (χ1n) is 9.24. The highest BCUT2D eigenvalue weighted by Gasteiger charge is 2.34. The van der Waals surface area contributed by atoms with Crippen molar-refractivity contribution in [1.82, 2.24) is 14.4 Å². The Bertz CT molecular complexity index is 608. The first-order valence-corrected chi connectivity index (χ1v) is 9.78. The lowest BCUT2D eigenvalue weighted by molar-refractivity contribution is -0.147. The van der Waals surface area contributed by atoms with Crippen molar-refractivity contribution < 1.29 is 9.59 Å². The Balaban J connectivity index is 2.98. The van der Waals surface area contributed by atoms with Crippen LogP contribution in [-0.2, 0) is 23.2 Å². The second-order valence-corrected chi connectivity index (χ2v) is 8.59. The van der Waals surface area contributed by atoms with Gasteiger partial charge in [0.2, 0.25) is 11.8 Å². The molecule has 0 saturated carbocycles. The minimum Gasteiger partial charge on any atom is -0.353 e. The predicted octanol–water partition coefficient (Wildman–Crippen LogP) is 3.51. The molecule has 0 fully saturated rings. The molecule has 0 unspecified atom stereocenters. The molecular weight excluding hydrogens is 350 g/mol. The molecule has 0 aromatic carbocycles. The molecule has 0 saturated heterocycles. The fourth-order valence-corrected chi connectivity index (χ4v) is 2.85. The maximum atomic E-state index is 13.0. The molecule has 1 rings (SSSR count). The van der Waals surface area contributed by atoms with Gasteiger partial charge in [0.05, 0.1) is 12.0 Å². The van der Waals surface area contributed by atoms with E-state index in [9.17, 15) is 9.59 Å². The number of carbonyl (C=O) groups excluding carboxylic acids is 2. The van der Waals surface area contributed by atoms with Gasteiger partial charge < -0.3 is 14.4 Å². The van der Waals surface area contributed by atoms with Crippen molar-refractivity contribution in [3.05, 3.63) is 24.0 Å². The summed E-state index contributed by atoms with van der Waals surface area (Å²) in [6, 6.07) is 3.92. The first-order chi connectivity index (χ1) is 12.0. The molecule has 1 heterocycles. The Labute approximate surface area is 163 Å². The molecule has 1 aromatic heterocycles. The molecule has 0 N–H and O–H groups in total. The van der Waals surface area contributed by atoms with Gasteiger partial charge in [-0.05, 0) is 45.7 Å². The van der Waals surface area contributed by atoms with Gasteiger partial charge in [0.25, 0.3) is 0 Å². The molecule has 0 bridgehead atoms. The largest absolute Gasteiger partial charge is 0.353 e. The third-order valence-electron chi connectivity index (χ3n) is 4.45. The molecule has 0 aliphatic carbocycles. The highest BCUT2D eigenvalue weighted by molar-refractivity contribution is 6.19. The normalized spacial score (nSPS) is 11.9. The zero-order valence-corrected chi connectivity index (χ0v) is 18.0. The average Bonchev–Trinajstić information content (AvgIpc) is 2.95. The molecule has 1 aromatic rings. The second kappa shape index (κ2) is 9.45. The van der Waals surface area contributed by atoms with Gasteiger partial charge in [0, 0.05) is 37.4 Å². The van der Waals surface area contributed by atoms with Crippen LogP contribution in [0.2, 0.25) is 0 Å². The fraction of sp³-hybridized carbons (Fsp3) is 0.700. The molecular formula is C20H34ClN3O2. The summed E-state index contributed by atoms with van der Waals surface area (Å²) in [4.78, 5) is 29.4. The topological polar surface area (TPSA) is 45.6 Å². The summed E-state index contributed by atoms with van der Waals surface area (Å²) >= 11 is 5.97. The molecule has 148 valence electrons. The summed E-state index contributed by atoms with van der Waals surface area (Å²) in [5, 5.41) is 0. The molecule has 0 aliphatic rings. The number of nitrogens with zero attached hydrogens (tertiary/aromatic N) is 3. The number of aromatic nitrogens is 1. The van der Waals surface area contributed by atoms with Crippen molar-refractivity contribution in [3.8, 4) is 0 Å². The summed E-state index contributed by atoms with van der Waals surface area (Å²) < 4.78 is 2.02. The van der Waals surface area contributed by atoms with E-state index in [1.54, 1.807) is 4.90 Å². The summed E-state index contributed by atoms with van der Waals surface area (Å²) in [7, 11) is 1.97. The second-order valence-electron chi connectivity index (χ2n) is 8.32. The third-order valence-corrected chi connectivity index (χ3v) is 5.11. The Morgan fingerprint density at radius 1 is 1.23 bits per heavy atom. The van der Waals surface area contributed by atoms with E-state index in [1.165, 1.54) is 0 Å². The van der Waals surface area contributed by atoms with Crippen LogP contribution >= 0.6 is 11.6 Å². The van der Waals surface area contributed by atoms with E-state index >= 15 is 0 Å². The minimum atomic E-state index is -0.687. The van der Waals surface area contributed by atoms with E-state index in [-0.39, 0.29) is 30.3 Å². The maximum Gasteiger partial charge on any atom is 0.242 e. The van der Waals surface area contributed by atoms with Gasteiger partial charge in [-0.15, -0.1) is 11.6 Å². The zero-order valence-electron chi connectivity index (χ0n) is 17.3. The predicted molar refractivity (Wildman–Crippen MR) is 107 cm³/mol. The van der Waals surface area contributed by atoms with Crippen molar-refractivity contribution in [2.75, 3.05) is 19.0 Å². The number of hydrogen-bond acceptors (Lipinski definition) is 2. The van der Waals surface area contributed by atoms with Gasteiger partial charge in [0.1, 0.15) is 6.54 Å². The van der Waals surface area contributed by atoms with E-state index in [4.69, 9.17) is 11.6 Å². The van der Waals surface area contributed by atoms with Crippen LogP contribution in [0.25, 0.3) is 0 Å². The standard InChI is InChI=1S/C20H34ClN3O2/c1-15(2)11-23(12-17-9-8-10-22(17)7)18(25)13-24(16(3)4)19(26)20(5,6)14-21/h8-10,15-16H,11-14H2,1-7H3. The van der Waals surface area contributed by atoms with Crippen LogP contribution in [0.15, 0.2) is 18.3 Å². The number of halogens is 1. The summed E-state index contributed by atoms with van der Waals surface area (Å²) in [6.45, 7) is 13.0. The lowest BCUT2D eigenvalue weighted by Crippen LogP contribution is -2.50. The van der Waals surface area contributed by atoms with Crippen LogP contribution in [0.4, 0.5) is 0 Å². The van der Waals surface area contributed by atoms with Crippen molar-refractivity contribution >= 4 is 23.4 Å². The van der Waals surface area contributed by atoms with Crippen LogP contribution in [-0.4, -0.2) is 51.2 Å². The van der Waals surface area contributed by atoms with Gasteiger partial charge in [-0.3, -0.25) is 9.59 Å². The molecule has 0 radical (unpaired) electrons. The van der Waals surface area contributed by atoms with E-state index in [0.717, 1.165) is 5.69 Å². The maximum absolute atomic E-state index is 13.0. The van der Waals surface area contributed by atoms with Crippen molar-refractivity contribution in [2.24, 2.45) is 18.4 Å². The van der Waals surface area contributed by atoms with Gasteiger partial charge in [-0.25, -0.2) is 0 Å². The number of hydrogen-bond donors (Lipinski definition) is 0. The molecule has 0 aliphatic heterocycles. The van der Waals surface area contributed by atoms with Crippen molar-refractivity contribution in [2.45, 2.75) is 54.1 Å². The molecule has 0 spiro atoms. The molecule has 5 nitrogen and oxygen atoms in total. The Hall–Kier alpha value is -1.49. The van der Waals surface area contributed by atoms with Crippen LogP contribution < -0.4 is 0 Å². The van der Waals surface area contributed by atoms with E-state index < -0.39 is 5.41 Å². The Morgan fingerprint density at radius 2 is 1.85 bits per heavy atom. The SMILES string of the molecule is CC(C)CN(Cc1cccn1C)C(=O)CN(C(=O)C(C)(C)CCl)C(C)C. The first kappa shape index (κ1) is 22.6. The van der Waals surface area contributed by atoms with Gasteiger partial charge in [-0.2, -0.15) is 0 Å². The van der Waals surface area contributed by atoms with Gasteiger partial charge >= 0.3 is 0 Å². The van der Waals surface area contributed by atoms with E-state index in [2.05, 4.69) is 13.8 Å². The Kier molecular flexibility index (Phi) is 8.19. The number of aryl methyl sites for hydroxylation is 1. The molecule has 6 heteroatoms. The van der Waals surface area contributed by atoms with Crippen molar-refractivity contribution in [3.63, 3.8) is 0 Å². The monoisotopic (exact) mass is 383 g/mol. The van der Waals surface area contributed by atoms with Crippen LogP contribution in [0.5, 0.6) is 0 Å². The van der Waals surface area contributed by atoms with Crippen LogP contribution in [0, 0.1) is 11.3 Å². The smallest absolute Gasteiger partial charge is 0.242 e. The quantitative estimate of drug-likeness (QED) is 0.612. The fourth-order valence-electron chi connectivity index (χ4n) is 2.73. The van der Waals surface area contributed by atoms with Gasteiger partial charge in [-0.1, -0.05) is 13.8 Å². The van der Waals surface area contributed by atoms with Crippen molar-refractivity contribution in [1.29, 1.82) is 0 Å². The molecule has 2 amide bonds. The van der Waals surface area contributed by atoms with Gasteiger partial charge in [0.15, 0.2) is 0 Å². The highest BCUT2D eigenvalue weighted by atomic mass is 35.5. The summed E-state index contributed by atoms with van der Waals surface area (Å²) in [5.74, 6) is 0.454. The number of carbonyl (C=O) groups is 2. The van der Waals surface area contributed by atoms with E-state index in [1.807, 2.05) is 62.5 Å². The number of alkyl halides is 1. The lowest BCUT2D eigenvalue weighted by atomic mass is 9.93. The highest BCUT2D eigenvalue weighted by Crippen LogP contribution is 2.22. The number of rotatable bonds is 9. The zero-order chi connectivity index (χ0) is 20.1. The minimum absolute atomic E-state index is 0.0349. The summed E-state index contributed by atoms with van der Waals surface area (Å²) in [5.41, 5.74) is 0.384. The van der Waals surface area contributed by atoms with E-state index in [0.29, 0.717) is 19.0 Å². The Morgan fingerprint density at radius 3 is 2.27 bits per heavy atom. The lowest BCUT2D eigenvalue weighted by Gasteiger charge is -2.35. The third kappa shape index (κ3) is 6.04. The molecule has 0 atom stereocenters. The molecule has 26 heavy (non-hydrogen) atoms. The van der Waals surface area contributed by atoms with Crippen LogP contribution in [0.3, 0.4) is 0 Å². The average molecular weight is 384 g/mol. The summed E-state index contributed by atoms with van der Waals surface area (Å²) in [6.07, 6.45) is 1.97. The number of amides is 2.